The van der Waals surface area contributed by atoms with Crippen LogP contribution in [-0.4, -0.2) is 62.1 Å². The number of hydrogen-bond acceptors (Lipinski definition) is 3. The van der Waals surface area contributed by atoms with Crippen molar-refractivity contribution in [2.24, 2.45) is 0 Å². The van der Waals surface area contributed by atoms with Crippen LogP contribution in [0, 0.1) is 0 Å². The van der Waals surface area contributed by atoms with E-state index in [9.17, 15) is 4.79 Å². The summed E-state index contributed by atoms with van der Waals surface area (Å²) in [7, 11) is 1.89. The van der Waals surface area contributed by atoms with Crippen LogP contribution < -0.4 is 0 Å². The summed E-state index contributed by atoms with van der Waals surface area (Å²) < 4.78 is 5.69. The molecule has 0 aliphatic carbocycles. The average Bonchev–Trinajstić information content (AvgIpc) is 3.11. The number of ether oxygens (including phenoxy) is 1. The lowest BCUT2D eigenvalue weighted by Gasteiger charge is -2.21. The summed E-state index contributed by atoms with van der Waals surface area (Å²) in [6.07, 6.45) is 16.0. The van der Waals surface area contributed by atoms with Gasteiger partial charge in [0, 0.05) is 20.2 Å². The first kappa shape index (κ1) is 22.4. The minimum absolute atomic E-state index is 0.226. The van der Waals surface area contributed by atoms with Gasteiger partial charge in [-0.3, -0.25) is 9.69 Å². The molecule has 0 N–H and O–H groups in total. The first-order chi connectivity index (χ1) is 12.2. The van der Waals surface area contributed by atoms with Gasteiger partial charge < -0.3 is 9.64 Å². The second kappa shape index (κ2) is 15.6. The van der Waals surface area contributed by atoms with Gasteiger partial charge in [-0.25, -0.2) is 0 Å². The van der Waals surface area contributed by atoms with E-state index in [1.54, 1.807) is 0 Å². The van der Waals surface area contributed by atoms with E-state index in [-0.39, 0.29) is 5.91 Å². The predicted octanol–water partition coefficient (Wildman–Crippen LogP) is 4.48. The fourth-order valence-electron chi connectivity index (χ4n) is 3.37. The number of likely N-dealkylation sites (tertiary alicyclic amines) is 1. The van der Waals surface area contributed by atoms with Gasteiger partial charge in [0.25, 0.3) is 0 Å². The molecule has 0 aromatic heterocycles. The molecule has 1 aliphatic rings. The molecule has 1 rings (SSSR count). The van der Waals surface area contributed by atoms with Crippen LogP contribution in [0.5, 0.6) is 0 Å². The Hall–Kier alpha value is -0.610. The molecule has 1 amide bonds. The molecule has 0 saturated carbocycles. The van der Waals surface area contributed by atoms with Gasteiger partial charge in [0.05, 0.1) is 13.2 Å². The second-order valence-corrected chi connectivity index (χ2v) is 7.59. The Kier molecular flexibility index (Phi) is 14.0. The van der Waals surface area contributed by atoms with Gasteiger partial charge in [0.1, 0.15) is 0 Å². The lowest BCUT2D eigenvalue weighted by Crippen LogP contribution is -2.38. The molecule has 4 heteroatoms. The van der Waals surface area contributed by atoms with Crippen molar-refractivity contribution in [1.82, 2.24) is 9.80 Å². The van der Waals surface area contributed by atoms with E-state index < -0.39 is 0 Å². The van der Waals surface area contributed by atoms with Crippen LogP contribution in [-0.2, 0) is 9.53 Å². The Labute approximate surface area is 156 Å². The minimum atomic E-state index is 0.226. The van der Waals surface area contributed by atoms with Gasteiger partial charge in [0.15, 0.2) is 0 Å². The van der Waals surface area contributed by atoms with Crippen molar-refractivity contribution in [3.63, 3.8) is 0 Å². The second-order valence-electron chi connectivity index (χ2n) is 7.59. The maximum atomic E-state index is 12.1. The largest absolute Gasteiger partial charge is 0.380 e. The Morgan fingerprint density at radius 1 is 0.880 bits per heavy atom. The van der Waals surface area contributed by atoms with Crippen molar-refractivity contribution in [1.29, 1.82) is 0 Å². The highest BCUT2D eigenvalue weighted by Gasteiger charge is 2.17. The fraction of sp³-hybridized carbons (Fsp3) is 0.952. The molecule has 1 fully saturated rings. The Morgan fingerprint density at radius 2 is 1.44 bits per heavy atom. The number of unbranched alkanes of at least 4 members (excludes halogenated alkanes) is 9. The third-order valence-electron chi connectivity index (χ3n) is 5.20. The van der Waals surface area contributed by atoms with Crippen LogP contribution >= 0.6 is 0 Å². The number of nitrogens with zero attached hydrogens (tertiary/aromatic N) is 2. The van der Waals surface area contributed by atoms with E-state index in [0.717, 1.165) is 26.1 Å². The molecule has 148 valence electrons. The average molecular weight is 355 g/mol. The summed E-state index contributed by atoms with van der Waals surface area (Å²) in [4.78, 5) is 16.1. The van der Waals surface area contributed by atoms with Crippen molar-refractivity contribution >= 4 is 5.91 Å². The summed E-state index contributed by atoms with van der Waals surface area (Å²) in [6, 6.07) is 0. The molecule has 1 heterocycles. The Balaban J connectivity index is 1.81. The van der Waals surface area contributed by atoms with Crippen LogP contribution in [0.4, 0.5) is 0 Å². The fourth-order valence-corrected chi connectivity index (χ4v) is 3.37. The highest BCUT2D eigenvalue weighted by atomic mass is 16.5. The summed E-state index contributed by atoms with van der Waals surface area (Å²) in [6.45, 7) is 7.22. The van der Waals surface area contributed by atoms with E-state index in [2.05, 4.69) is 11.8 Å². The topological polar surface area (TPSA) is 32.8 Å². The van der Waals surface area contributed by atoms with Gasteiger partial charge in [-0.1, -0.05) is 64.7 Å². The molecular formula is C21H42N2O2. The van der Waals surface area contributed by atoms with Crippen LogP contribution in [0.2, 0.25) is 0 Å². The smallest absolute Gasteiger partial charge is 0.236 e. The molecule has 0 unspecified atom stereocenters. The van der Waals surface area contributed by atoms with E-state index >= 15 is 0 Å². The number of amides is 1. The van der Waals surface area contributed by atoms with Gasteiger partial charge in [0.2, 0.25) is 5.91 Å². The maximum absolute atomic E-state index is 12.1. The van der Waals surface area contributed by atoms with Gasteiger partial charge in [-0.15, -0.1) is 0 Å². The van der Waals surface area contributed by atoms with Crippen molar-refractivity contribution in [3.8, 4) is 0 Å². The number of hydrogen-bond donors (Lipinski definition) is 0. The molecule has 0 spiro atoms. The first-order valence-corrected chi connectivity index (χ1v) is 10.8. The quantitative estimate of drug-likeness (QED) is 0.383. The molecule has 1 saturated heterocycles. The van der Waals surface area contributed by atoms with E-state index in [1.807, 2.05) is 11.9 Å². The van der Waals surface area contributed by atoms with Crippen LogP contribution in [0.15, 0.2) is 0 Å². The van der Waals surface area contributed by atoms with E-state index in [1.165, 1.54) is 70.6 Å². The molecular weight excluding hydrogens is 312 g/mol. The molecule has 0 atom stereocenters. The van der Waals surface area contributed by atoms with Crippen LogP contribution in [0.1, 0.15) is 84.0 Å². The standard InChI is InChI=1S/C21H42N2O2/c1-3-4-5-6-7-8-9-10-11-14-18-25-19-17-22(2)21(24)20-23-15-12-13-16-23/h3-20H2,1-2H3. The zero-order valence-electron chi connectivity index (χ0n) is 16.9. The summed E-state index contributed by atoms with van der Waals surface area (Å²) >= 11 is 0. The van der Waals surface area contributed by atoms with E-state index in [4.69, 9.17) is 4.74 Å². The van der Waals surface area contributed by atoms with Crippen molar-refractivity contribution in [2.45, 2.75) is 84.0 Å². The minimum Gasteiger partial charge on any atom is -0.380 e. The zero-order chi connectivity index (χ0) is 18.2. The summed E-state index contributed by atoms with van der Waals surface area (Å²) in [5.74, 6) is 0.226. The molecule has 4 nitrogen and oxygen atoms in total. The van der Waals surface area contributed by atoms with Crippen LogP contribution in [0.25, 0.3) is 0 Å². The van der Waals surface area contributed by atoms with Gasteiger partial charge >= 0.3 is 0 Å². The highest BCUT2D eigenvalue weighted by Crippen LogP contribution is 2.10. The molecule has 1 aliphatic heterocycles. The van der Waals surface area contributed by atoms with Gasteiger partial charge in [-0.2, -0.15) is 0 Å². The van der Waals surface area contributed by atoms with Crippen LogP contribution in [0.3, 0.4) is 0 Å². The third kappa shape index (κ3) is 12.4. The number of likely N-dealkylation sites (N-methyl/N-ethyl adjacent to an activating group) is 1. The molecule has 0 aromatic rings. The zero-order valence-corrected chi connectivity index (χ0v) is 16.9. The lowest BCUT2D eigenvalue weighted by atomic mass is 10.1. The molecule has 0 aromatic carbocycles. The normalized spacial score (nSPS) is 15.0. The number of carbonyl (C=O) groups is 1. The maximum Gasteiger partial charge on any atom is 0.236 e. The number of rotatable bonds is 16. The Bertz CT molecular complexity index is 317. The lowest BCUT2D eigenvalue weighted by molar-refractivity contribution is -0.131. The molecule has 0 bridgehead atoms. The molecule has 25 heavy (non-hydrogen) atoms. The Morgan fingerprint density at radius 3 is 2.04 bits per heavy atom. The van der Waals surface area contributed by atoms with Gasteiger partial charge in [-0.05, 0) is 32.4 Å². The van der Waals surface area contributed by atoms with E-state index in [0.29, 0.717) is 19.7 Å². The van der Waals surface area contributed by atoms with Crippen molar-refractivity contribution < 1.29 is 9.53 Å². The molecule has 0 radical (unpaired) electrons. The van der Waals surface area contributed by atoms with Crippen molar-refractivity contribution in [2.75, 3.05) is 46.4 Å². The predicted molar refractivity (Wildman–Crippen MR) is 106 cm³/mol. The summed E-state index contributed by atoms with van der Waals surface area (Å²) in [5, 5.41) is 0. The first-order valence-electron chi connectivity index (χ1n) is 10.8. The third-order valence-corrected chi connectivity index (χ3v) is 5.20. The monoisotopic (exact) mass is 354 g/mol. The SMILES string of the molecule is CCCCCCCCCCCCOCCN(C)C(=O)CN1CCCC1. The number of carbonyl (C=O) groups excluding carboxylic acids is 1. The highest BCUT2D eigenvalue weighted by molar-refractivity contribution is 5.78. The summed E-state index contributed by atoms with van der Waals surface area (Å²) in [5.41, 5.74) is 0. The van der Waals surface area contributed by atoms with Crippen molar-refractivity contribution in [3.05, 3.63) is 0 Å².